The summed E-state index contributed by atoms with van der Waals surface area (Å²) in [6.45, 7) is 1.89. The van der Waals surface area contributed by atoms with Crippen molar-refractivity contribution in [1.82, 2.24) is 4.98 Å². The summed E-state index contributed by atoms with van der Waals surface area (Å²) in [6, 6.07) is 7.30. The number of rotatable bonds is 5. The van der Waals surface area contributed by atoms with Gasteiger partial charge in [0.15, 0.2) is 5.69 Å². The molecule has 0 bridgehead atoms. The number of benzene rings is 1. The number of nitrogens with zero attached hydrogens (tertiary/aromatic N) is 2. The Morgan fingerprint density at radius 2 is 2.14 bits per heavy atom. The molecule has 1 aromatic heterocycles. The lowest BCUT2D eigenvalue weighted by Crippen LogP contribution is -2.00. The summed E-state index contributed by atoms with van der Waals surface area (Å²) < 4.78 is 5.42. The number of aromatic nitrogens is 1. The minimum atomic E-state index is -1.20. The fourth-order valence-electron chi connectivity index (χ4n) is 1.73. The molecule has 0 aliphatic carbocycles. The zero-order chi connectivity index (χ0) is 15.4. The van der Waals surface area contributed by atoms with Gasteiger partial charge in [-0.1, -0.05) is 13.0 Å². The number of carboxylic acids is 1. The van der Waals surface area contributed by atoms with E-state index in [-0.39, 0.29) is 22.9 Å². The van der Waals surface area contributed by atoms with Crippen molar-refractivity contribution < 1.29 is 19.6 Å². The van der Waals surface area contributed by atoms with E-state index in [0.717, 1.165) is 5.56 Å². The third kappa shape index (κ3) is 3.33. The molecule has 0 atom stereocenters. The Labute approximate surface area is 120 Å². The van der Waals surface area contributed by atoms with Crippen LogP contribution in [0, 0.1) is 10.1 Å². The van der Waals surface area contributed by atoms with E-state index in [1.54, 1.807) is 6.07 Å². The van der Waals surface area contributed by atoms with Gasteiger partial charge in [0.1, 0.15) is 5.75 Å². The molecular weight excluding hydrogens is 276 g/mol. The first-order chi connectivity index (χ1) is 10.0. The number of hydrogen-bond acceptors (Lipinski definition) is 5. The van der Waals surface area contributed by atoms with Crippen LogP contribution in [0.2, 0.25) is 0 Å². The molecule has 108 valence electrons. The lowest BCUT2D eigenvalue weighted by atomic mass is 10.1. The van der Waals surface area contributed by atoms with Crippen molar-refractivity contribution in [3.8, 4) is 11.5 Å². The van der Waals surface area contributed by atoms with Gasteiger partial charge in [0, 0.05) is 18.3 Å². The van der Waals surface area contributed by atoms with Crippen LogP contribution in [0.25, 0.3) is 0 Å². The molecule has 1 aromatic carbocycles. The maximum absolute atomic E-state index is 11.1. The SMILES string of the molecule is CCc1ccc(Oc2ccnc(C(=O)O)c2)c([N+](=O)[O-])c1. The van der Waals surface area contributed by atoms with Gasteiger partial charge in [0.2, 0.25) is 5.75 Å². The molecule has 21 heavy (non-hydrogen) atoms. The molecule has 0 amide bonds. The van der Waals surface area contributed by atoms with Gasteiger partial charge >= 0.3 is 11.7 Å². The van der Waals surface area contributed by atoms with Crippen LogP contribution in [0.3, 0.4) is 0 Å². The number of carbonyl (C=O) groups is 1. The van der Waals surface area contributed by atoms with Crippen LogP contribution in [0.5, 0.6) is 11.5 Å². The summed E-state index contributed by atoms with van der Waals surface area (Å²) in [5, 5.41) is 19.9. The Kier molecular flexibility index (Phi) is 4.13. The molecule has 0 radical (unpaired) electrons. The normalized spacial score (nSPS) is 10.1. The molecule has 0 aliphatic heterocycles. The molecule has 0 saturated carbocycles. The Hall–Kier alpha value is -2.96. The van der Waals surface area contributed by atoms with Crippen molar-refractivity contribution in [2.45, 2.75) is 13.3 Å². The van der Waals surface area contributed by atoms with Gasteiger partial charge in [0.25, 0.3) is 0 Å². The Morgan fingerprint density at radius 1 is 1.38 bits per heavy atom. The molecule has 0 unspecified atom stereocenters. The van der Waals surface area contributed by atoms with Crippen LogP contribution in [0.4, 0.5) is 5.69 Å². The Bertz CT molecular complexity index is 700. The minimum Gasteiger partial charge on any atom is -0.477 e. The Balaban J connectivity index is 2.37. The highest BCUT2D eigenvalue weighted by Crippen LogP contribution is 2.32. The van der Waals surface area contributed by atoms with Gasteiger partial charge in [-0.2, -0.15) is 0 Å². The lowest BCUT2D eigenvalue weighted by Gasteiger charge is -2.07. The fourth-order valence-corrected chi connectivity index (χ4v) is 1.73. The second kappa shape index (κ2) is 6.00. The first-order valence-electron chi connectivity index (χ1n) is 6.15. The topological polar surface area (TPSA) is 103 Å². The van der Waals surface area contributed by atoms with Crippen LogP contribution >= 0.6 is 0 Å². The number of ether oxygens (including phenoxy) is 1. The van der Waals surface area contributed by atoms with Gasteiger partial charge in [-0.25, -0.2) is 9.78 Å². The van der Waals surface area contributed by atoms with Crippen LogP contribution in [0.1, 0.15) is 23.0 Å². The highest BCUT2D eigenvalue weighted by atomic mass is 16.6. The van der Waals surface area contributed by atoms with E-state index in [2.05, 4.69) is 4.98 Å². The van der Waals surface area contributed by atoms with Crippen molar-refractivity contribution in [3.63, 3.8) is 0 Å². The van der Waals surface area contributed by atoms with E-state index >= 15 is 0 Å². The second-order valence-electron chi connectivity index (χ2n) is 4.20. The molecule has 1 N–H and O–H groups in total. The van der Waals surface area contributed by atoms with E-state index in [1.165, 1.54) is 30.5 Å². The number of hydrogen-bond donors (Lipinski definition) is 1. The monoisotopic (exact) mass is 288 g/mol. The summed E-state index contributed by atoms with van der Waals surface area (Å²) >= 11 is 0. The number of aromatic carboxylic acids is 1. The molecular formula is C14H12N2O5. The van der Waals surface area contributed by atoms with Crippen LogP contribution in [0.15, 0.2) is 36.5 Å². The van der Waals surface area contributed by atoms with Crippen molar-refractivity contribution in [3.05, 3.63) is 57.9 Å². The van der Waals surface area contributed by atoms with Crippen molar-refractivity contribution in [2.75, 3.05) is 0 Å². The number of carboxylic acid groups (broad SMARTS) is 1. The second-order valence-corrected chi connectivity index (χ2v) is 4.20. The van der Waals surface area contributed by atoms with Crippen LogP contribution in [-0.2, 0) is 6.42 Å². The van der Waals surface area contributed by atoms with E-state index in [9.17, 15) is 14.9 Å². The first-order valence-corrected chi connectivity index (χ1v) is 6.15. The molecule has 0 fully saturated rings. The number of nitro benzene ring substituents is 1. The summed E-state index contributed by atoms with van der Waals surface area (Å²) in [7, 11) is 0. The van der Waals surface area contributed by atoms with Gasteiger partial charge in [0.05, 0.1) is 4.92 Å². The highest BCUT2D eigenvalue weighted by molar-refractivity contribution is 5.85. The number of pyridine rings is 1. The van der Waals surface area contributed by atoms with Gasteiger partial charge in [-0.15, -0.1) is 0 Å². The third-order valence-corrected chi connectivity index (χ3v) is 2.81. The van der Waals surface area contributed by atoms with E-state index in [0.29, 0.717) is 6.42 Å². The summed E-state index contributed by atoms with van der Waals surface area (Å²) in [5.41, 5.74) is 0.457. The third-order valence-electron chi connectivity index (χ3n) is 2.81. The van der Waals surface area contributed by atoms with E-state index in [4.69, 9.17) is 9.84 Å². The van der Waals surface area contributed by atoms with Crippen LogP contribution < -0.4 is 4.74 Å². The molecule has 1 heterocycles. The fraction of sp³-hybridized carbons (Fsp3) is 0.143. The number of nitro groups is 1. The van der Waals surface area contributed by atoms with Crippen LogP contribution in [-0.4, -0.2) is 21.0 Å². The average molecular weight is 288 g/mol. The predicted octanol–water partition coefficient (Wildman–Crippen LogP) is 3.04. The van der Waals surface area contributed by atoms with Gasteiger partial charge in [-0.05, 0) is 24.1 Å². The van der Waals surface area contributed by atoms with Gasteiger partial charge in [-0.3, -0.25) is 10.1 Å². The molecule has 0 spiro atoms. The summed E-state index contributed by atoms with van der Waals surface area (Å²) in [6.07, 6.45) is 1.94. The standard InChI is InChI=1S/C14H12N2O5/c1-2-9-3-4-13(12(7-9)16(19)20)21-10-5-6-15-11(8-10)14(17)18/h3-8H,2H2,1H3,(H,17,18). The molecule has 0 aliphatic rings. The molecule has 0 saturated heterocycles. The first kappa shape index (κ1) is 14.4. The van der Waals surface area contributed by atoms with Crippen molar-refractivity contribution >= 4 is 11.7 Å². The molecule has 2 rings (SSSR count). The molecule has 7 nitrogen and oxygen atoms in total. The summed E-state index contributed by atoms with van der Waals surface area (Å²) in [4.78, 5) is 25.0. The lowest BCUT2D eigenvalue weighted by molar-refractivity contribution is -0.385. The maximum Gasteiger partial charge on any atom is 0.354 e. The van der Waals surface area contributed by atoms with E-state index < -0.39 is 10.9 Å². The molecule has 2 aromatic rings. The largest absolute Gasteiger partial charge is 0.477 e. The highest BCUT2D eigenvalue weighted by Gasteiger charge is 2.17. The minimum absolute atomic E-state index is 0.0553. The molecule has 7 heteroatoms. The van der Waals surface area contributed by atoms with E-state index in [1.807, 2.05) is 6.92 Å². The van der Waals surface area contributed by atoms with Crippen molar-refractivity contribution in [2.24, 2.45) is 0 Å². The quantitative estimate of drug-likeness (QED) is 0.670. The average Bonchev–Trinajstić information content (AvgIpc) is 2.47. The number of aryl methyl sites for hydroxylation is 1. The smallest absolute Gasteiger partial charge is 0.354 e. The zero-order valence-corrected chi connectivity index (χ0v) is 11.1. The maximum atomic E-state index is 11.1. The zero-order valence-electron chi connectivity index (χ0n) is 11.1. The van der Waals surface area contributed by atoms with Crippen molar-refractivity contribution in [1.29, 1.82) is 0 Å². The van der Waals surface area contributed by atoms with Gasteiger partial charge < -0.3 is 9.84 Å². The Morgan fingerprint density at radius 3 is 2.76 bits per heavy atom. The summed E-state index contributed by atoms with van der Waals surface area (Å²) in [5.74, 6) is -0.967. The predicted molar refractivity (Wildman–Crippen MR) is 73.7 cm³/mol.